The Labute approximate surface area is 117 Å². The zero-order valence-electron chi connectivity index (χ0n) is 9.82. The molecule has 1 amide bonds. The maximum Gasteiger partial charge on any atom is 0.251 e. The number of rotatable bonds is 2. The number of benzene rings is 1. The Kier molecular flexibility index (Phi) is 4.40. The van der Waals surface area contributed by atoms with Gasteiger partial charge in [0.15, 0.2) is 0 Å². The first-order valence-corrected chi connectivity index (χ1v) is 8.05. The molecule has 2 rings (SSSR count). The Morgan fingerprint density at radius 1 is 1.39 bits per heavy atom. The summed E-state index contributed by atoms with van der Waals surface area (Å²) >= 11 is 3.29. The highest BCUT2D eigenvalue weighted by atomic mass is 79.9. The van der Waals surface area contributed by atoms with Crippen LogP contribution in [0.25, 0.3) is 0 Å². The highest BCUT2D eigenvalue weighted by Crippen LogP contribution is 2.20. The van der Waals surface area contributed by atoms with E-state index < -0.39 is 10.8 Å². The minimum atomic E-state index is -0.704. The molecule has 6 heteroatoms. The van der Waals surface area contributed by atoms with Gasteiger partial charge in [0.2, 0.25) is 0 Å². The van der Waals surface area contributed by atoms with Gasteiger partial charge >= 0.3 is 0 Å². The van der Waals surface area contributed by atoms with Crippen molar-refractivity contribution in [3.8, 4) is 0 Å². The second-order valence-corrected chi connectivity index (χ2v) is 6.88. The third kappa shape index (κ3) is 3.32. The van der Waals surface area contributed by atoms with Gasteiger partial charge in [-0.15, -0.1) is 0 Å². The van der Waals surface area contributed by atoms with Crippen molar-refractivity contribution in [3.05, 3.63) is 28.2 Å². The summed E-state index contributed by atoms with van der Waals surface area (Å²) in [5.74, 6) is 1.23. The Hall–Kier alpha value is -0.880. The Morgan fingerprint density at radius 3 is 2.67 bits per heavy atom. The molecular formula is C12H15BrN2O2S. The molecule has 1 aromatic carbocycles. The van der Waals surface area contributed by atoms with Gasteiger partial charge in [-0.3, -0.25) is 9.00 Å². The van der Waals surface area contributed by atoms with E-state index in [1.165, 1.54) is 0 Å². The normalized spacial score (nSPS) is 23.6. The molecule has 1 heterocycles. The lowest BCUT2D eigenvalue weighted by Gasteiger charge is -2.22. The van der Waals surface area contributed by atoms with Crippen LogP contribution in [0.3, 0.4) is 0 Å². The van der Waals surface area contributed by atoms with Crippen LogP contribution >= 0.6 is 15.9 Å². The minimum Gasteiger partial charge on any atom is -0.398 e. The molecule has 0 aromatic heterocycles. The van der Waals surface area contributed by atoms with Gasteiger partial charge in [-0.05, 0) is 47.0 Å². The van der Waals surface area contributed by atoms with Crippen molar-refractivity contribution in [3.63, 3.8) is 0 Å². The molecule has 98 valence electrons. The summed E-state index contributed by atoms with van der Waals surface area (Å²) in [4.78, 5) is 12.0. The predicted octanol–water partition coefficient (Wildman–Crippen LogP) is 1.67. The van der Waals surface area contributed by atoms with Crippen molar-refractivity contribution in [1.82, 2.24) is 5.32 Å². The lowest BCUT2D eigenvalue weighted by atomic mass is 10.1. The predicted molar refractivity (Wildman–Crippen MR) is 76.9 cm³/mol. The van der Waals surface area contributed by atoms with Crippen molar-refractivity contribution in [2.24, 2.45) is 0 Å². The molecule has 0 radical (unpaired) electrons. The summed E-state index contributed by atoms with van der Waals surface area (Å²) in [6.45, 7) is 0. The average Bonchev–Trinajstić information content (AvgIpc) is 2.35. The van der Waals surface area contributed by atoms with Crippen LogP contribution in [0.1, 0.15) is 23.2 Å². The van der Waals surface area contributed by atoms with Crippen LogP contribution in [0.15, 0.2) is 22.7 Å². The van der Waals surface area contributed by atoms with Crippen LogP contribution in [0.5, 0.6) is 0 Å². The van der Waals surface area contributed by atoms with E-state index in [4.69, 9.17) is 5.73 Å². The summed E-state index contributed by atoms with van der Waals surface area (Å²) in [5, 5.41) is 2.96. The summed E-state index contributed by atoms with van der Waals surface area (Å²) in [5.41, 5.74) is 6.85. The van der Waals surface area contributed by atoms with Crippen molar-refractivity contribution >= 4 is 38.3 Å². The number of amides is 1. The summed E-state index contributed by atoms with van der Waals surface area (Å²) < 4.78 is 12.0. The maximum atomic E-state index is 12.0. The van der Waals surface area contributed by atoms with Gasteiger partial charge in [-0.1, -0.05) is 0 Å². The molecule has 1 fully saturated rings. The van der Waals surface area contributed by atoms with Crippen LogP contribution in [0.4, 0.5) is 5.69 Å². The van der Waals surface area contributed by atoms with Crippen molar-refractivity contribution < 1.29 is 9.00 Å². The molecule has 4 nitrogen and oxygen atoms in total. The van der Waals surface area contributed by atoms with E-state index in [9.17, 15) is 9.00 Å². The molecule has 0 saturated carbocycles. The first kappa shape index (κ1) is 13.5. The van der Waals surface area contributed by atoms with Gasteiger partial charge in [0.25, 0.3) is 5.91 Å². The highest BCUT2D eigenvalue weighted by Gasteiger charge is 2.20. The Morgan fingerprint density at radius 2 is 2.06 bits per heavy atom. The number of carbonyl (C=O) groups excluding carboxylic acids is 1. The van der Waals surface area contributed by atoms with E-state index >= 15 is 0 Å². The molecule has 0 bridgehead atoms. The van der Waals surface area contributed by atoms with Gasteiger partial charge < -0.3 is 11.1 Å². The monoisotopic (exact) mass is 330 g/mol. The van der Waals surface area contributed by atoms with Crippen LogP contribution in [0, 0.1) is 0 Å². The molecule has 1 aliphatic rings. The maximum absolute atomic E-state index is 12.0. The van der Waals surface area contributed by atoms with E-state index in [0.29, 0.717) is 22.8 Å². The molecule has 0 aliphatic carbocycles. The fourth-order valence-corrected chi connectivity index (χ4v) is 3.44. The highest BCUT2D eigenvalue weighted by molar-refractivity contribution is 9.10. The van der Waals surface area contributed by atoms with Gasteiger partial charge in [0.1, 0.15) is 0 Å². The first-order chi connectivity index (χ1) is 8.56. The van der Waals surface area contributed by atoms with E-state index in [1.54, 1.807) is 18.2 Å². The molecule has 0 atom stereocenters. The topological polar surface area (TPSA) is 72.2 Å². The van der Waals surface area contributed by atoms with Gasteiger partial charge in [0, 0.05) is 44.1 Å². The molecule has 1 aliphatic heterocycles. The largest absolute Gasteiger partial charge is 0.398 e. The number of hydrogen-bond donors (Lipinski definition) is 2. The lowest BCUT2D eigenvalue weighted by molar-refractivity contribution is 0.0934. The number of nitrogens with one attached hydrogen (secondary N) is 1. The second kappa shape index (κ2) is 5.84. The van der Waals surface area contributed by atoms with Crippen LogP contribution in [-0.2, 0) is 10.8 Å². The van der Waals surface area contributed by atoms with E-state index in [-0.39, 0.29) is 11.9 Å². The van der Waals surface area contributed by atoms with Gasteiger partial charge in [-0.25, -0.2) is 0 Å². The molecule has 1 saturated heterocycles. The summed E-state index contributed by atoms with van der Waals surface area (Å²) in [7, 11) is -0.704. The van der Waals surface area contributed by atoms with Crippen molar-refractivity contribution in [2.45, 2.75) is 18.9 Å². The third-order valence-electron chi connectivity index (χ3n) is 2.98. The standard InChI is InChI=1S/C12H15BrN2O2S/c13-10-2-1-8(7-11(10)14)12(16)15-9-3-5-18(17)6-4-9/h1-2,7,9H,3-6,14H2,(H,15,16). The molecule has 0 unspecified atom stereocenters. The number of halogens is 1. The van der Waals surface area contributed by atoms with E-state index in [2.05, 4.69) is 21.2 Å². The summed E-state index contributed by atoms with van der Waals surface area (Å²) in [6, 6.07) is 5.28. The smallest absolute Gasteiger partial charge is 0.251 e. The average molecular weight is 331 g/mol. The quantitative estimate of drug-likeness (QED) is 0.810. The Bertz CT molecular complexity index is 483. The number of hydrogen-bond acceptors (Lipinski definition) is 3. The fourth-order valence-electron chi connectivity index (χ4n) is 1.89. The second-order valence-electron chi connectivity index (χ2n) is 4.33. The number of anilines is 1. The number of nitrogen functional groups attached to an aromatic ring is 1. The van der Waals surface area contributed by atoms with Crippen LogP contribution < -0.4 is 11.1 Å². The zero-order chi connectivity index (χ0) is 13.1. The molecule has 0 spiro atoms. The van der Waals surface area contributed by atoms with Crippen molar-refractivity contribution in [1.29, 1.82) is 0 Å². The van der Waals surface area contributed by atoms with Crippen molar-refractivity contribution in [2.75, 3.05) is 17.2 Å². The van der Waals surface area contributed by atoms with Gasteiger partial charge in [0.05, 0.1) is 0 Å². The van der Waals surface area contributed by atoms with E-state index in [1.807, 2.05) is 0 Å². The SMILES string of the molecule is Nc1cc(C(=O)NC2CCS(=O)CC2)ccc1Br. The van der Waals surface area contributed by atoms with Crippen LogP contribution in [-0.4, -0.2) is 27.7 Å². The molecule has 18 heavy (non-hydrogen) atoms. The minimum absolute atomic E-state index is 0.119. The lowest BCUT2D eigenvalue weighted by Crippen LogP contribution is -2.39. The van der Waals surface area contributed by atoms with E-state index in [0.717, 1.165) is 17.3 Å². The summed E-state index contributed by atoms with van der Waals surface area (Å²) in [6.07, 6.45) is 1.56. The van der Waals surface area contributed by atoms with Gasteiger partial charge in [-0.2, -0.15) is 0 Å². The molecular weight excluding hydrogens is 316 g/mol. The first-order valence-electron chi connectivity index (χ1n) is 5.77. The third-order valence-corrected chi connectivity index (χ3v) is 5.09. The molecule has 1 aromatic rings. The molecule has 3 N–H and O–H groups in total. The fraction of sp³-hybridized carbons (Fsp3) is 0.417. The number of nitrogens with two attached hydrogens (primary N) is 1. The number of carbonyl (C=O) groups is 1. The van der Waals surface area contributed by atoms with Crippen LogP contribution in [0.2, 0.25) is 0 Å². The Balaban J connectivity index is 1.99. The zero-order valence-corrected chi connectivity index (χ0v) is 12.2.